The second-order valence-electron chi connectivity index (χ2n) is 6.89. The fourth-order valence-electron chi connectivity index (χ4n) is 3.29. The third-order valence-corrected chi connectivity index (χ3v) is 6.24. The number of fused-ring (bicyclic) bond motifs is 1. The highest BCUT2D eigenvalue weighted by Crippen LogP contribution is 2.37. The van der Waals surface area contributed by atoms with Crippen molar-refractivity contribution in [3.05, 3.63) is 52.0 Å². The molecule has 0 fully saturated rings. The first-order valence-corrected chi connectivity index (χ1v) is 11.2. The van der Waals surface area contributed by atoms with E-state index in [1.165, 1.54) is 0 Å². The zero-order valence-corrected chi connectivity index (χ0v) is 18.3. The first kappa shape index (κ1) is 22.3. The topological polar surface area (TPSA) is 88.4 Å². The molecular weight excluding hydrogens is 426 g/mol. The molecule has 0 saturated heterocycles. The molecule has 30 heavy (non-hydrogen) atoms. The number of carbonyl (C=O) groups is 1. The van der Waals surface area contributed by atoms with E-state index in [1.54, 1.807) is 23.9 Å². The van der Waals surface area contributed by atoms with Crippen molar-refractivity contribution in [3.8, 4) is 11.5 Å². The number of benzene rings is 2. The number of hydrogen-bond donors (Lipinski definition) is 2. The molecule has 160 valence electrons. The lowest BCUT2D eigenvalue weighted by atomic mass is 10.0. The van der Waals surface area contributed by atoms with Crippen molar-refractivity contribution < 1.29 is 24.6 Å². The number of rotatable bonds is 10. The molecule has 1 heterocycles. The molecule has 1 aliphatic rings. The maximum absolute atomic E-state index is 10.8. The third-order valence-electron chi connectivity index (χ3n) is 4.66. The van der Waals surface area contributed by atoms with Crippen molar-refractivity contribution in [2.24, 2.45) is 5.16 Å². The third kappa shape index (κ3) is 5.40. The Balaban J connectivity index is 1.54. The number of oxime groups is 1. The maximum atomic E-state index is 10.8. The highest BCUT2D eigenvalue weighted by Gasteiger charge is 2.25. The van der Waals surface area contributed by atoms with Crippen molar-refractivity contribution in [3.63, 3.8) is 0 Å². The summed E-state index contributed by atoms with van der Waals surface area (Å²) in [7, 11) is 0. The predicted octanol–water partition coefficient (Wildman–Crippen LogP) is 5.05. The minimum absolute atomic E-state index is 0.0330. The van der Waals surface area contributed by atoms with Gasteiger partial charge >= 0.3 is 5.97 Å². The summed E-state index contributed by atoms with van der Waals surface area (Å²) < 4.78 is 11.8. The van der Waals surface area contributed by atoms with Crippen LogP contribution in [0, 0.1) is 0 Å². The number of ether oxygens (including phenoxy) is 2. The van der Waals surface area contributed by atoms with Gasteiger partial charge in [-0.1, -0.05) is 36.2 Å². The van der Waals surface area contributed by atoms with E-state index in [2.05, 4.69) is 12.1 Å². The molecular formula is C22H24ClNO5S. The molecule has 0 saturated carbocycles. The van der Waals surface area contributed by atoms with Crippen LogP contribution in [-0.2, 0) is 17.6 Å². The van der Waals surface area contributed by atoms with Crippen molar-refractivity contribution in [1.29, 1.82) is 0 Å². The standard InChI is InChI=1S/C22H24ClNO5S/c1-2-4-16-19(7-6-15-18(24-27)13-29-22(15)16)28-9-3-10-30-20-8-5-14(11-17(20)23)12-21(25)26/h5-8,11,27H,2-4,9-10,12-13H2,1H3,(H,25,26). The number of carboxylic acid groups (broad SMARTS) is 1. The molecule has 2 aromatic carbocycles. The van der Waals surface area contributed by atoms with Gasteiger partial charge in [-0.25, -0.2) is 0 Å². The van der Waals surface area contributed by atoms with E-state index in [0.29, 0.717) is 22.9 Å². The molecule has 2 aromatic rings. The second-order valence-corrected chi connectivity index (χ2v) is 8.43. The minimum atomic E-state index is -0.872. The Labute approximate surface area is 184 Å². The Morgan fingerprint density at radius 2 is 2.17 bits per heavy atom. The van der Waals surface area contributed by atoms with E-state index in [-0.39, 0.29) is 13.0 Å². The highest BCUT2D eigenvalue weighted by molar-refractivity contribution is 7.99. The molecule has 0 radical (unpaired) electrons. The van der Waals surface area contributed by atoms with Crippen LogP contribution in [0.25, 0.3) is 0 Å². The van der Waals surface area contributed by atoms with Crippen LogP contribution in [0.3, 0.4) is 0 Å². The molecule has 0 spiro atoms. The Morgan fingerprint density at radius 1 is 1.33 bits per heavy atom. The zero-order chi connectivity index (χ0) is 21.5. The van der Waals surface area contributed by atoms with Crippen LogP contribution < -0.4 is 9.47 Å². The molecule has 0 aromatic heterocycles. The molecule has 3 rings (SSSR count). The summed E-state index contributed by atoms with van der Waals surface area (Å²) in [6.45, 7) is 2.92. The lowest BCUT2D eigenvalue weighted by Gasteiger charge is -2.14. The Hall–Kier alpha value is -2.38. The Kier molecular flexibility index (Phi) is 7.87. The lowest BCUT2D eigenvalue weighted by Crippen LogP contribution is -2.03. The normalized spacial score (nSPS) is 13.9. The number of aliphatic carboxylic acids is 1. The van der Waals surface area contributed by atoms with Crippen molar-refractivity contribution in [2.45, 2.75) is 37.5 Å². The number of nitrogens with zero attached hydrogens (tertiary/aromatic N) is 1. The van der Waals surface area contributed by atoms with Crippen molar-refractivity contribution in [1.82, 2.24) is 0 Å². The molecule has 0 unspecified atom stereocenters. The van der Waals surface area contributed by atoms with Crippen LogP contribution in [0.1, 0.15) is 36.5 Å². The average Bonchev–Trinajstić information content (AvgIpc) is 3.13. The van der Waals surface area contributed by atoms with Crippen LogP contribution in [0.2, 0.25) is 5.02 Å². The van der Waals surface area contributed by atoms with Crippen LogP contribution in [0.4, 0.5) is 0 Å². The zero-order valence-electron chi connectivity index (χ0n) is 16.7. The van der Waals surface area contributed by atoms with Crippen LogP contribution in [0.5, 0.6) is 11.5 Å². The SMILES string of the molecule is CCCc1c(OCCCSc2ccc(CC(=O)O)cc2Cl)ccc2c1OCC2=NO. The monoisotopic (exact) mass is 449 g/mol. The van der Waals surface area contributed by atoms with Gasteiger partial charge in [0, 0.05) is 21.8 Å². The van der Waals surface area contributed by atoms with E-state index >= 15 is 0 Å². The van der Waals surface area contributed by atoms with E-state index < -0.39 is 5.97 Å². The highest BCUT2D eigenvalue weighted by atomic mass is 35.5. The van der Waals surface area contributed by atoms with Gasteiger partial charge in [-0.3, -0.25) is 4.79 Å². The van der Waals surface area contributed by atoms with E-state index in [1.807, 2.05) is 18.2 Å². The largest absolute Gasteiger partial charge is 0.493 e. The van der Waals surface area contributed by atoms with Gasteiger partial charge in [-0.15, -0.1) is 11.8 Å². The van der Waals surface area contributed by atoms with Gasteiger partial charge in [0.15, 0.2) is 0 Å². The molecule has 0 amide bonds. The summed E-state index contributed by atoms with van der Waals surface area (Å²) in [5.41, 5.74) is 3.07. The molecule has 8 heteroatoms. The summed E-state index contributed by atoms with van der Waals surface area (Å²) in [6, 6.07) is 9.15. The Bertz CT molecular complexity index is 947. The maximum Gasteiger partial charge on any atom is 0.307 e. The van der Waals surface area contributed by atoms with Crippen LogP contribution in [0.15, 0.2) is 40.4 Å². The number of thioether (sulfide) groups is 1. The number of carboxylic acids is 1. The quantitative estimate of drug-likeness (QED) is 0.228. The molecule has 0 bridgehead atoms. The summed E-state index contributed by atoms with van der Waals surface area (Å²) in [4.78, 5) is 11.7. The van der Waals surface area contributed by atoms with E-state index in [9.17, 15) is 4.79 Å². The number of hydrogen-bond acceptors (Lipinski definition) is 6. The summed E-state index contributed by atoms with van der Waals surface area (Å²) in [5.74, 6) is 1.51. The fraction of sp³-hybridized carbons (Fsp3) is 0.364. The summed E-state index contributed by atoms with van der Waals surface area (Å²) >= 11 is 7.89. The first-order chi connectivity index (χ1) is 14.5. The fourth-order valence-corrected chi connectivity index (χ4v) is 4.50. The van der Waals surface area contributed by atoms with Gasteiger partial charge < -0.3 is 19.8 Å². The van der Waals surface area contributed by atoms with Crippen molar-refractivity contribution >= 4 is 35.0 Å². The van der Waals surface area contributed by atoms with Crippen LogP contribution >= 0.6 is 23.4 Å². The van der Waals surface area contributed by atoms with Gasteiger partial charge in [-0.2, -0.15) is 0 Å². The van der Waals surface area contributed by atoms with E-state index in [0.717, 1.165) is 52.5 Å². The first-order valence-electron chi connectivity index (χ1n) is 9.79. The molecule has 2 N–H and O–H groups in total. The van der Waals surface area contributed by atoms with Gasteiger partial charge in [0.05, 0.1) is 18.1 Å². The minimum Gasteiger partial charge on any atom is -0.493 e. The average molecular weight is 450 g/mol. The number of halogens is 1. The van der Waals surface area contributed by atoms with Gasteiger partial charge in [0.1, 0.15) is 23.8 Å². The van der Waals surface area contributed by atoms with Gasteiger partial charge in [-0.05, 0) is 42.7 Å². The molecule has 1 aliphatic heterocycles. The van der Waals surface area contributed by atoms with Crippen molar-refractivity contribution in [2.75, 3.05) is 19.0 Å². The second kappa shape index (κ2) is 10.6. The lowest BCUT2D eigenvalue weighted by molar-refractivity contribution is -0.136. The van der Waals surface area contributed by atoms with Gasteiger partial charge in [0.25, 0.3) is 0 Å². The summed E-state index contributed by atoms with van der Waals surface area (Å²) in [5, 5.41) is 21.9. The van der Waals surface area contributed by atoms with Gasteiger partial charge in [0.2, 0.25) is 0 Å². The molecule has 6 nitrogen and oxygen atoms in total. The predicted molar refractivity (Wildman–Crippen MR) is 118 cm³/mol. The summed E-state index contributed by atoms with van der Waals surface area (Å²) in [6.07, 6.45) is 2.57. The molecule has 0 atom stereocenters. The van der Waals surface area contributed by atoms with Crippen LogP contribution in [-0.4, -0.2) is 41.0 Å². The van der Waals surface area contributed by atoms with E-state index in [4.69, 9.17) is 31.4 Å². The molecule has 0 aliphatic carbocycles. The Morgan fingerprint density at radius 3 is 2.87 bits per heavy atom. The smallest absolute Gasteiger partial charge is 0.307 e.